The normalized spacial score (nSPS) is 25.2. The van der Waals surface area contributed by atoms with Crippen molar-refractivity contribution >= 4 is 11.9 Å². The van der Waals surface area contributed by atoms with Gasteiger partial charge >= 0.3 is 11.9 Å². The first-order chi connectivity index (χ1) is 7.91. The number of carbonyl (C=O) groups is 2. The summed E-state index contributed by atoms with van der Waals surface area (Å²) < 4.78 is 10.2. The zero-order valence-electron chi connectivity index (χ0n) is 11.1. The third kappa shape index (κ3) is 3.45. The Morgan fingerprint density at radius 2 is 1.88 bits per heavy atom. The van der Waals surface area contributed by atoms with Gasteiger partial charge in [-0.25, -0.2) is 0 Å². The molecule has 1 aliphatic carbocycles. The van der Waals surface area contributed by atoms with E-state index in [0.29, 0.717) is 13.2 Å². The summed E-state index contributed by atoms with van der Waals surface area (Å²) in [6.07, 6.45) is 1.91. The molecule has 0 radical (unpaired) electrons. The van der Waals surface area contributed by atoms with Crippen LogP contribution in [0.4, 0.5) is 0 Å². The van der Waals surface area contributed by atoms with E-state index in [-0.39, 0.29) is 29.2 Å². The molecule has 2 atom stereocenters. The lowest BCUT2D eigenvalue weighted by Gasteiger charge is -2.04. The first-order valence-electron chi connectivity index (χ1n) is 6.21. The van der Waals surface area contributed by atoms with Crippen LogP contribution in [0.3, 0.4) is 0 Å². The number of carbonyl (C=O) groups excluding carboxylic acids is 2. The Morgan fingerprint density at radius 1 is 1.24 bits per heavy atom. The summed E-state index contributed by atoms with van der Waals surface area (Å²) in [5, 5.41) is 0. The lowest BCUT2D eigenvalue weighted by Crippen LogP contribution is -2.12. The quantitative estimate of drug-likeness (QED) is 0.529. The Morgan fingerprint density at radius 3 is 2.41 bits per heavy atom. The average Bonchev–Trinajstić information content (AvgIpc) is 2.77. The Kier molecular flexibility index (Phi) is 4.54. The molecule has 0 aromatic heterocycles. The number of unbranched alkanes of at least 4 members (excludes halogenated alkanes) is 1. The molecule has 1 aliphatic rings. The van der Waals surface area contributed by atoms with E-state index < -0.39 is 0 Å². The van der Waals surface area contributed by atoms with Crippen molar-refractivity contribution in [3.8, 4) is 0 Å². The summed E-state index contributed by atoms with van der Waals surface area (Å²) in [5.74, 6) is -0.481. The van der Waals surface area contributed by atoms with E-state index in [4.69, 9.17) is 9.47 Å². The molecule has 0 aromatic carbocycles. The van der Waals surface area contributed by atoms with Gasteiger partial charge in [0.05, 0.1) is 19.1 Å². The lowest BCUT2D eigenvalue weighted by atomic mass is 10.1. The smallest absolute Gasteiger partial charge is 0.309 e. The van der Waals surface area contributed by atoms with E-state index in [1.165, 1.54) is 6.92 Å². The molecular formula is C13H22O4. The van der Waals surface area contributed by atoms with Gasteiger partial charge in [0.2, 0.25) is 0 Å². The van der Waals surface area contributed by atoms with Crippen molar-refractivity contribution in [3.63, 3.8) is 0 Å². The van der Waals surface area contributed by atoms with Crippen molar-refractivity contribution in [2.75, 3.05) is 13.2 Å². The minimum Gasteiger partial charge on any atom is -0.466 e. The maximum Gasteiger partial charge on any atom is 0.309 e. The monoisotopic (exact) mass is 242 g/mol. The maximum atomic E-state index is 11.8. The lowest BCUT2D eigenvalue weighted by molar-refractivity contribution is -0.148. The van der Waals surface area contributed by atoms with Crippen LogP contribution in [-0.2, 0) is 19.1 Å². The molecule has 0 amide bonds. The Bertz CT molecular complexity index is 296. The second-order valence-corrected chi connectivity index (χ2v) is 5.23. The summed E-state index contributed by atoms with van der Waals surface area (Å²) >= 11 is 0. The van der Waals surface area contributed by atoms with Gasteiger partial charge in [0.15, 0.2) is 0 Å². The van der Waals surface area contributed by atoms with Crippen LogP contribution >= 0.6 is 0 Å². The fraction of sp³-hybridized carbons (Fsp3) is 0.846. The largest absolute Gasteiger partial charge is 0.466 e. The van der Waals surface area contributed by atoms with Crippen molar-refractivity contribution in [1.82, 2.24) is 0 Å². The molecule has 98 valence electrons. The second kappa shape index (κ2) is 5.52. The molecule has 4 nitrogen and oxygen atoms in total. The Balaban J connectivity index is 2.38. The van der Waals surface area contributed by atoms with Crippen LogP contribution in [-0.4, -0.2) is 25.2 Å². The van der Waals surface area contributed by atoms with Crippen molar-refractivity contribution in [2.24, 2.45) is 17.3 Å². The van der Waals surface area contributed by atoms with Gasteiger partial charge in [0.25, 0.3) is 0 Å². The zero-order valence-corrected chi connectivity index (χ0v) is 11.1. The molecule has 0 aromatic rings. The molecule has 1 saturated carbocycles. The van der Waals surface area contributed by atoms with Crippen LogP contribution in [0.5, 0.6) is 0 Å². The third-order valence-corrected chi connectivity index (χ3v) is 3.51. The van der Waals surface area contributed by atoms with Crippen LogP contribution in [0.15, 0.2) is 0 Å². The summed E-state index contributed by atoms with van der Waals surface area (Å²) in [5.41, 5.74) is -0.112. The number of hydrogen-bond acceptors (Lipinski definition) is 4. The molecule has 1 fully saturated rings. The minimum absolute atomic E-state index is 0.0977. The number of hydrogen-bond donors (Lipinski definition) is 0. The SMILES string of the molecule is CCCCOC(=O)C1C(COC(C)=O)C1(C)C. The molecule has 0 heterocycles. The molecule has 17 heavy (non-hydrogen) atoms. The fourth-order valence-electron chi connectivity index (χ4n) is 2.14. The third-order valence-electron chi connectivity index (χ3n) is 3.51. The van der Waals surface area contributed by atoms with Gasteiger partial charge in [0.1, 0.15) is 0 Å². The highest BCUT2D eigenvalue weighted by atomic mass is 16.5. The standard InChI is InChI=1S/C13H22O4/c1-5-6-7-16-12(15)11-10(13(11,3)4)8-17-9(2)14/h10-11H,5-8H2,1-4H3. The van der Waals surface area contributed by atoms with Crippen LogP contribution in [0.2, 0.25) is 0 Å². The van der Waals surface area contributed by atoms with E-state index in [1.807, 2.05) is 13.8 Å². The number of esters is 2. The fourth-order valence-corrected chi connectivity index (χ4v) is 2.14. The van der Waals surface area contributed by atoms with Gasteiger partial charge in [-0.2, -0.15) is 0 Å². The van der Waals surface area contributed by atoms with E-state index in [1.54, 1.807) is 0 Å². The highest BCUT2D eigenvalue weighted by Crippen LogP contribution is 2.58. The maximum absolute atomic E-state index is 11.8. The summed E-state index contributed by atoms with van der Waals surface area (Å²) in [4.78, 5) is 22.5. The van der Waals surface area contributed by atoms with E-state index in [9.17, 15) is 9.59 Å². The molecule has 2 unspecified atom stereocenters. The van der Waals surface area contributed by atoms with Crippen molar-refractivity contribution in [1.29, 1.82) is 0 Å². The Hall–Kier alpha value is -1.06. The van der Waals surface area contributed by atoms with E-state index in [2.05, 4.69) is 6.92 Å². The molecule has 4 heteroatoms. The predicted octanol–water partition coefficient (Wildman–Crippen LogP) is 2.17. The van der Waals surface area contributed by atoms with Crippen molar-refractivity contribution < 1.29 is 19.1 Å². The van der Waals surface area contributed by atoms with Crippen LogP contribution in [0, 0.1) is 17.3 Å². The predicted molar refractivity (Wildman–Crippen MR) is 63.3 cm³/mol. The zero-order chi connectivity index (χ0) is 13.1. The van der Waals surface area contributed by atoms with Gasteiger partial charge < -0.3 is 9.47 Å². The van der Waals surface area contributed by atoms with Crippen LogP contribution < -0.4 is 0 Å². The summed E-state index contributed by atoms with van der Waals surface area (Å²) in [6.45, 7) is 8.25. The van der Waals surface area contributed by atoms with E-state index >= 15 is 0 Å². The molecule has 0 N–H and O–H groups in total. The van der Waals surface area contributed by atoms with Crippen molar-refractivity contribution in [3.05, 3.63) is 0 Å². The van der Waals surface area contributed by atoms with Crippen molar-refractivity contribution in [2.45, 2.75) is 40.5 Å². The minimum atomic E-state index is -0.300. The van der Waals surface area contributed by atoms with Crippen LogP contribution in [0.1, 0.15) is 40.5 Å². The molecule has 0 spiro atoms. The molecular weight excluding hydrogens is 220 g/mol. The van der Waals surface area contributed by atoms with Gasteiger partial charge in [-0.15, -0.1) is 0 Å². The van der Waals surface area contributed by atoms with Crippen LogP contribution in [0.25, 0.3) is 0 Å². The van der Waals surface area contributed by atoms with E-state index in [0.717, 1.165) is 12.8 Å². The molecule has 0 saturated heterocycles. The average molecular weight is 242 g/mol. The molecule has 1 rings (SSSR count). The summed E-state index contributed by atoms with van der Waals surface area (Å²) in [7, 11) is 0. The van der Waals surface area contributed by atoms with Gasteiger partial charge in [-0.3, -0.25) is 9.59 Å². The Labute approximate surface area is 103 Å². The number of ether oxygens (including phenoxy) is 2. The molecule has 0 bridgehead atoms. The highest BCUT2D eigenvalue weighted by Gasteiger charge is 2.63. The first kappa shape index (κ1) is 14.0. The second-order valence-electron chi connectivity index (χ2n) is 5.23. The summed E-state index contributed by atoms with van der Waals surface area (Å²) in [6, 6.07) is 0. The van der Waals surface area contributed by atoms with Gasteiger partial charge in [-0.05, 0) is 11.8 Å². The molecule has 0 aliphatic heterocycles. The topological polar surface area (TPSA) is 52.6 Å². The van der Waals surface area contributed by atoms with Gasteiger partial charge in [0, 0.05) is 12.8 Å². The first-order valence-corrected chi connectivity index (χ1v) is 6.21. The highest BCUT2D eigenvalue weighted by molar-refractivity contribution is 5.77. The number of rotatable bonds is 6. The van der Waals surface area contributed by atoms with Gasteiger partial charge in [-0.1, -0.05) is 27.2 Å².